The van der Waals surface area contributed by atoms with Crippen LogP contribution in [0.25, 0.3) is 10.9 Å². The first-order chi connectivity index (χ1) is 9.09. The number of nitrogens with zero attached hydrogens (tertiary/aromatic N) is 1. The summed E-state index contributed by atoms with van der Waals surface area (Å²) in [6, 6.07) is 7.44. The predicted octanol–water partition coefficient (Wildman–Crippen LogP) is 2.23. The Hall–Kier alpha value is -2.01. The molecule has 2 rings (SSSR count). The summed E-state index contributed by atoms with van der Waals surface area (Å²) in [5.41, 5.74) is 1.16. The fraction of sp³-hybridized carbons (Fsp3) is 0.357. The number of para-hydroxylation sites is 1. The molecule has 0 atom stereocenters. The zero-order chi connectivity index (χ0) is 13.8. The Balaban J connectivity index is 2.17. The number of aromatic carboxylic acids is 1. The van der Waals surface area contributed by atoms with Crippen molar-refractivity contribution in [1.29, 1.82) is 0 Å². The summed E-state index contributed by atoms with van der Waals surface area (Å²) in [4.78, 5) is 16.6. The smallest absolute Gasteiger partial charge is 0.340 e. The lowest BCUT2D eigenvalue weighted by atomic mass is 10.1. The van der Waals surface area contributed by atoms with Crippen molar-refractivity contribution < 1.29 is 9.90 Å². The van der Waals surface area contributed by atoms with Crippen LogP contribution < -0.4 is 5.32 Å². The van der Waals surface area contributed by atoms with Gasteiger partial charge in [0.05, 0.1) is 0 Å². The topological polar surface area (TPSA) is 68.4 Å². The van der Waals surface area contributed by atoms with Crippen LogP contribution >= 0.6 is 0 Å². The average molecular weight is 261 g/mol. The number of anilines is 1. The second-order valence-electron chi connectivity index (χ2n) is 4.81. The number of carbonyl (C=O) groups is 1. The molecule has 0 unspecified atom stereocenters. The highest BCUT2D eigenvalue weighted by Crippen LogP contribution is 2.25. The molecule has 0 spiro atoms. The number of hydrogen-bond acceptors (Lipinski definition) is 3. The van der Waals surface area contributed by atoms with Crippen LogP contribution in [0.2, 0.25) is 0 Å². The number of rotatable bonds is 6. The number of aromatic nitrogens is 1. The largest absolute Gasteiger partial charge is 0.478 e. The van der Waals surface area contributed by atoms with Crippen molar-refractivity contribution in [2.75, 3.05) is 32.5 Å². The standard InChI is InChI=1S/C14H19N3O2/c1-17(2)9-5-8-15-13-12(14(18)19)10-6-3-4-7-11(10)16-13/h3-4,6-7,15-16H,5,8-9H2,1-2H3,(H,18,19). The van der Waals surface area contributed by atoms with Crippen LogP contribution in [0.3, 0.4) is 0 Å². The van der Waals surface area contributed by atoms with Crippen LogP contribution in [0.5, 0.6) is 0 Å². The van der Waals surface area contributed by atoms with Gasteiger partial charge in [-0.15, -0.1) is 0 Å². The minimum absolute atomic E-state index is 0.320. The third kappa shape index (κ3) is 3.06. The number of hydrogen-bond donors (Lipinski definition) is 3. The second-order valence-corrected chi connectivity index (χ2v) is 4.81. The van der Waals surface area contributed by atoms with Crippen molar-refractivity contribution in [2.45, 2.75) is 6.42 Å². The zero-order valence-corrected chi connectivity index (χ0v) is 11.2. The molecule has 0 aliphatic heterocycles. The van der Waals surface area contributed by atoms with Crippen LogP contribution in [-0.4, -0.2) is 48.1 Å². The molecule has 0 bridgehead atoms. The summed E-state index contributed by atoms with van der Waals surface area (Å²) in [7, 11) is 4.04. The first-order valence-corrected chi connectivity index (χ1v) is 6.32. The van der Waals surface area contributed by atoms with Crippen LogP contribution in [0, 0.1) is 0 Å². The van der Waals surface area contributed by atoms with Gasteiger partial charge in [0.2, 0.25) is 0 Å². The number of nitrogens with one attached hydrogen (secondary N) is 2. The molecule has 5 nitrogen and oxygen atoms in total. The molecule has 0 aliphatic rings. The van der Waals surface area contributed by atoms with E-state index in [0.29, 0.717) is 11.4 Å². The molecular formula is C14H19N3O2. The fourth-order valence-electron chi connectivity index (χ4n) is 2.11. The number of H-pyrrole nitrogens is 1. The SMILES string of the molecule is CN(C)CCCNc1[nH]c2ccccc2c1C(=O)O. The first-order valence-electron chi connectivity index (χ1n) is 6.32. The Kier molecular flexibility index (Phi) is 4.06. The van der Waals surface area contributed by atoms with Crippen LogP contribution in [0.1, 0.15) is 16.8 Å². The fourth-order valence-corrected chi connectivity index (χ4v) is 2.11. The molecule has 1 heterocycles. The summed E-state index contributed by atoms with van der Waals surface area (Å²) in [6.45, 7) is 1.71. The van der Waals surface area contributed by atoms with Crippen LogP contribution in [0.15, 0.2) is 24.3 Å². The third-order valence-corrected chi connectivity index (χ3v) is 3.00. The number of carboxylic acid groups (broad SMARTS) is 1. The van der Waals surface area contributed by atoms with Gasteiger partial charge in [-0.25, -0.2) is 4.79 Å². The van der Waals surface area contributed by atoms with Gasteiger partial charge in [0, 0.05) is 17.4 Å². The summed E-state index contributed by atoms with van der Waals surface area (Å²) in [6.07, 6.45) is 0.960. The predicted molar refractivity (Wildman–Crippen MR) is 76.9 cm³/mol. The molecule has 0 amide bonds. The first kappa shape index (κ1) is 13.4. The highest BCUT2D eigenvalue weighted by Gasteiger charge is 2.16. The number of fused-ring (bicyclic) bond motifs is 1. The minimum atomic E-state index is -0.910. The maximum absolute atomic E-state index is 11.4. The van der Waals surface area contributed by atoms with Crippen molar-refractivity contribution in [3.05, 3.63) is 29.8 Å². The van der Waals surface area contributed by atoms with Crippen LogP contribution in [0.4, 0.5) is 5.82 Å². The lowest BCUT2D eigenvalue weighted by Crippen LogP contribution is -2.17. The Morgan fingerprint density at radius 1 is 1.37 bits per heavy atom. The van der Waals surface area contributed by atoms with Crippen molar-refractivity contribution in [2.24, 2.45) is 0 Å². The normalized spacial score (nSPS) is 11.1. The molecule has 0 aliphatic carbocycles. The summed E-state index contributed by atoms with van der Waals surface area (Å²) in [5, 5.41) is 13.2. The summed E-state index contributed by atoms with van der Waals surface area (Å²) >= 11 is 0. The Morgan fingerprint density at radius 2 is 2.11 bits per heavy atom. The molecular weight excluding hydrogens is 242 g/mol. The van der Waals surface area contributed by atoms with Gasteiger partial charge in [-0.2, -0.15) is 0 Å². The molecule has 0 radical (unpaired) electrons. The van der Waals surface area contributed by atoms with E-state index in [0.717, 1.165) is 30.4 Å². The molecule has 1 aromatic heterocycles. The van der Waals surface area contributed by atoms with E-state index in [-0.39, 0.29) is 0 Å². The maximum atomic E-state index is 11.4. The molecule has 0 saturated carbocycles. The van der Waals surface area contributed by atoms with Crippen molar-refractivity contribution in [3.63, 3.8) is 0 Å². The summed E-state index contributed by atoms with van der Waals surface area (Å²) < 4.78 is 0. The Bertz CT molecular complexity index is 575. The molecule has 0 fully saturated rings. The monoisotopic (exact) mass is 261 g/mol. The number of benzene rings is 1. The average Bonchev–Trinajstić information content (AvgIpc) is 2.72. The van der Waals surface area contributed by atoms with E-state index in [9.17, 15) is 9.90 Å². The van der Waals surface area contributed by atoms with Gasteiger partial charge in [0.1, 0.15) is 11.4 Å². The van der Waals surface area contributed by atoms with Crippen molar-refractivity contribution in [3.8, 4) is 0 Å². The third-order valence-electron chi connectivity index (χ3n) is 3.00. The van der Waals surface area contributed by atoms with Gasteiger partial charge in [-0.05, 0) is 33.1 Å². The number of aromatic amines is 1. The minimum Gasteiger partial charge on any atom is -0.478 e. The lowest BCUT2D eigenvalue weighted by molar-refractivity contribution is 0.0700. The van der Waals surface area contributed by atoms with E-state index >= 15 is 0 Å². The molecule has 102 valence electrons. The van der Waals surface area contributed by atoms with Gasteiger partial charge in [-0.1, -0.05) is 18.2 Å². The lowest BCUT2D eigenvalue weighted by Gasteiger charge is -2.10. The molecule has 3 N–H and O–H groups in total. The molecule has 5 heteroatoms. The molecule has 1 aromatic carbocycles. The van der Waals surface area contributed by atoms with Gasteiger partial charge in [-0.3, -0.25) is 0 Å². The highest BCUT2D eigenvalue weighted by molar-refractivity contribution is 6.08. The molecule has 19 heavy (non-hydrogen) atoms. The molecule has 2 aromatic rings. The highest BCUT2D eigenvalue weighted by atomic mass is 16.4. The van der Waals surface area contributed by atoms with E-state index in [2.05, 4.69) is 15.2 Å². The van der Waals surface area contributed by atoms with E-state index in [1.807, 2.05) is 38.4 Å². The second kappa shape index (κ2) is 5.75. The van der Waals surface area contributed by atoms with Gasteiger partial charge in [0.15, 0.2) is 0 Å². The van der Waals surface area contributed by atoms with Crippen molar-refractivity contribution in [1.82, 2.24) is 9.88 Å². The van der Waals surface area contributed by atoms with E-state index in [1.165, 1.54) is 0 Å². The van der Waals surface area contributed by atoms with Crippen molar-refractivity contribution >= 4 is 22.7 Å². The Morgan fingerprint density at radius 3 is 2.79 bits per heavy atom. The Labute approximate surface area is 112 Å². The van der Waals surface area contributed by atoms with Gasteiger partial charge >= 0.3 is 5.97 Å². The van der Waals surface area contributed by atoms with Gasteiger partial charge < -0.3 is 20.3 Å². The van der Waals surface area contributed by atoms with E-state index in [1.54, 1.807) is 0 Å². The zero-order valence-electron chi connectivity index (χ0n) is 11.2. The van der Waals surface area contributed by atoms with Gasteiger partial charge in [0.25, 0.3) is 0 Å². The summed E-state index contributed by atoms with van der Waals surface area (Å²) in [5.74, 6) is -0.319. The quantitative estimate of drug-likeness (QED) is 0.697. The maximum Gasteiger partial charge on any atom is 0.340 e. The van der Waals surface area contributed by atoms with E-state index in [4.69, 9.17) is 0 Å². The molecule has 0 saturated heterocycles. The van der Waals surface area contributed by atoms with Crippen LogP contribution in [-0.2, 0) is 0 Å². The van der Waals surface area contributed by atoms with E-state index < -0.39 is 5.97 Å². The number of carboxylic acids is 1.